The van der Waals surface area contributed by atoms with Gasteiger partial charge in [0.15, 0.2) is 5.82 Å². The van der Waals surface area contributed by atoms with Crippen molar-refractivity contribution in [1.82, 2.24) is 14.2 Å². The maximum atomic E-state index is 12.0. The summed E-state index contributed by atoms with van der Waals surface area (Å²) in [6.45, 7) is 0.905. The minimum absolute atomic E-state index is 0.142. The number of nitrogens with one attached hydrogen (secondary N) is 1. The Morgan fingerprint density at radius 3 is 2.57 bits per heavy atom. The average Bonchev–Trinajstić information content (AvgIpc) is 2.38. The number of carboxylic acid groups (broad SMARTS) is 1. The molecule has 9 nitrogen and oxygen atoms in total. The van der Waals surface area contributed by atoms with Crippen LogP contribution in [-0.4, -0.2) is 74.1 Å². The van der Waals surface area contributed by atoms with E-state index in [0.29, 0.717) is 29.1 Å². The van der Waals surface area contributed by atoms with E-state index in [2.05, 4.69) is 25.6 Å². The minimum Gasteiger partial charge on any atom is -0.465 e. The lowest BCUT2D eigenvalue weighted by molar-refractivity contribution is 0.130. The summed E-state index contributed by atoms with van der Waals surface area (Å²) in [5.41, 5.74) is 0.338. The summed E-state index contributed by atoms with van der Waals surface area (Å²) in [5, 5.41) is 8.97. The van der Waals surface area contributed by atoms with Crippen molar-refractivity contribution in [3.05, 3.63) is 16.7 Å². The second kappa shape index (κ2) is 6.49. The Kier molecular flexibility index (Phi) is 5.01. The number of likely N-dealkylation sites (N-methyl/N-ethyl adjacent to an activating group) is 1. The number of nitrogens with zero attached hydrogens (tertiary/aromatic N) is 4. The van der Waals surface area contributed by atoms with Gasteiger partial charge in [-0.15, -0.1) is 0 Å². The van der Waals surface area contributed by atoms with Gasteiger partial charge in [-0.2, -0.15) is 12.7 Å². The molecule has 128 valence electrons. The summed E-state index contributed by atoms with van der Waals surface area (Å²) in [7, 11) is 0.700. The Morgan fingerprint density at radius 1 is 1.43 bits per heavy atom. The first kappa shape index (κ1) is 17.8. The Balaban J connectivity index is 2.20. The number of hydrogen-bond acceptors (Lipinski definition) is 5. The number of carbonyl (C=O) groups is 1. The lowest BCUT2D eigenvalue weighted by atomic mass is 10.1. The predicted molar refractivity (Wildman–Crippen MR) is 90.0 cm³/mol. The largest absolute Gasteiger partial charge is 0.465 e. The molecule has 1 fully saturated rings. The quantitative estimate of drug-likeness (QED) is 0.749. The van der Waals surface area contributed by atoms with Crippen LogP contribution in [-0.2, 0) is 10.2 Å². The van der Waals surface area contributed by atoms with Gasteiger partial charge in [0.25, 0.3) is 0 Å². The van der Waals surface area contributed by atoms with Gasteiger partial charge in [0.2, 0.25) is 0 Å². The van der Waals surface area contributed by atoms with E-state index in [1.54, 1.807) is 12.3 Å². The second-order valence-electron chi connectivity index (χ2n) is 5.37. The molecule has 0 atom stereocenters. The molecule has 2 rings (SSSR count). The van der Waals surface area contributed by atoms with Crippen LogP contribution in [0.1, 0.15) is 0 Å². The maximum Gasteiger partial charge on any atom is 0.407 e. The lowest BCUT2D eigenvalue weighted by Crippen LogP contribution is -2.60. The summed E-state index contributed by atoms with van der Waals surface area (Å²) >= 11 is 3.27. The predicted octanol–water partition coefficient (Wildman–Crippen LogP) is 0.861. The van der Waals surface area contributed by atoms with Gasteiger partial charge in [-0.25, -0.2) is 9.78 Å². The Labute approximate surface area is 143 Å². The van der Waals surface area contributed by atoms with Crippen LogP contribution in [0.5, 0.6) is 0 Å². The van der Waals surface area contributed by atoms with Crippen molar-refractivity contribution in [1.29, 1.82) is 0 Å². The van der Waals surface area contributed by atoms with Crippen molar-refractivity contribution in [3.8, 4) is 0 Å². The third-order valence-corrected chi connectivity index (χ3v) is 5.44. The smallest absolute Gasteiger partial charge is 0.407 e. The molecule has 1 aliphatic rings. The molecular weight excluding hydrogens is 390 g/mol. The van der Waals surface area contributed by atoms with Gasteiger partial charge in [0.1, 0.15) is 0 Å². The fourth-order valence-electron chi connectivity index (χ4n) is 2.02. The zero-order valence-corrected chi connectivity index (χ0v) is 15.3. The van der Waals surface area contributed by atoms with Crippen molar-refractivity contribution >= 4 is 43.7 Å². The van der Waals surface area contributed by atoms with Crippen molar-refractivity contribution < 1.29 is 18.3 Å². The van der Waals surface area contributed by atoms with Crippen LogP contribution in [0.2, 0.25) is 0 Å². The number of amides is 1. The summed E-state index contributed by atoms with van der Waals surface area (Å²) in [5.74, 6) is 0.466. The molecule has 0 unspecified atom stereocenters. The minimum atomic E-state index is -3.66. The maximum absolute atomic E-state index is 12.0. The van der Waals surface area contributed by atoms with E-state index in [1.165, 1.54) is 26.0 Å². The lowest BCUT2D eigenvalue weighted by Gasteiger charge is -2.44. The van der Waals surface area contributed by atoms with Gasteiger partial charge in [-0.3, -0.25) is 4.72 Å². The molecule has 2 heterocycles. The molecule has 1 aliphatic heterocycles. The third kappa shape index (κ3) is 3.85. The summed E-state index contributed by atoms with van der Waals surface area (Å²) in [6.07, 6.45) is 0.573. The second-order valence-corrected chi connectivity index (χ2v) is 8.17. The molecule has 23 heavy (non-hydrogen) atoms. The molecule has 11 heteroatoms. The van der Waals surface area contributed by atoms with Crippen LogP contribution in [0.15, 0.2) is 16.7 Å². The highest BCUT2D eigenvalue weighted by molar-refractivity contribution is 9.10. The molecule has 1 aromatic heterocycles. The zero-order valence-electron chi connectivity index (χ0n) is 12.9. The summed E-state index contributed by atoms with van der Waals surface area (Å²) in [6, 6.07) is 1.48. The fourth-order valence-corrected chi connectivity index (χ4v) is 2.96. The van der Waals surface area contributed by atoms with Gasteiger partial charge < -0.3 is 14.9 Å². The first-order chi connectivity index (χ1) is 10.6. The third-order valence-electron chi connectivity index (χ3n) is 3.56. The molecule has 1 aromatic rings. The number of pyridine rings is 1. The van der Waals surface area contributed by atoms with E-state index in [-0.39, 0.29) is 6.04 Å². The van der Waals surface area contributed by atoms with Crippen molar-refractivity contribution in [2.75, 3.05) is 43.9 Å². The zero-order chi connectivity index (χ0) is 17.4. The molecule has 0 spiro atoms. The highest BCUT2D eigenvalue weighted by atomic mass is 79.9. The summed E-state index contributed by atoms with van der Waals surface area (Å²) in [4.78, 5) is 18.2. The molecule has 0 aliphatic carbocycles. The van der Waals surface area contributed by atoms with Gasteiger partial charge in [-0.1, -0.05) is 0 Å². The number of hydrogen-bond donors (Lipinski definition) is 2. The van der Waals surface area contributed by atoms with Crippen LogP contribution in [0.25, 0.3) is 0 Å². The first-order valence-electron chi connectivity index (χ1n) is 6.68. The molecule has 0 bridgehead atoms. The van der Waals surface area contributed by atoms with E-state index in [4.69, 9.17) is 5.11 Å². The van der Waals surface area contributed by atoms with Crippen molar-refractivity contribution in [2.24, 2.45) is 0 Å². The van der Waals surface area contributed by atoms with Crippen LogP contribution >= 0.6 is 15.9 Å². The number of anilines is 2. The Hall–Kier alpha value is -1.59. The molecule has 1 amide bonds. The van der Waals surface area contributed by atoms with E-state index in [1.807, 2.05) is 4.90 Å². The molecule has 1 saturated heterocycles. The molecule has 2 N–H and O–H groups in total. The SMILES string of the molecule is CN(C(=O)O)C1CN(c2ncc(Br)cc2NS(=O)(=O)N(C)C)C1. The standard InChI is InChI=1S/C12H18BrN5O4S/c1-16(2)23(21,22)15-10-4-8(13)5-14-11(10)18-6-9(7-18)17(3)12(19)20/h4-5,9,15H,6-7H2,1-3H3,(H,19,20). The molecule has 0 aromatic carbocycles. The number of rotatable bonds is 5. The fraction of sp³-hybridized carbons (Fsp3) is 0.500. The Morgan fingerprint density at radius 2 is 2.04 bits per heavy atom. The highest BCUT2D eigenvalue weighted by Crippen LogP contribution is 2.31. The van der Waals surface area contributed by atoms with Crippen molar-refractivity contribution in [2.45, 2.75) is 6.04 Å². The van der Waals surface area contributed by atoms with Gasteiger partial charge in [0, 0.05) is 44.9 Å². The highest BCUT2D eigenvalue weighted by Gasteiger charge is 2.34. The average molecular weight is 408 g/mol. The van der Waals surface area contributed by atoms with Crippen molar-refractivity contribution in [3.63, 3.8) is 0 Å². The van der Waals surface area contributed by atoms with Gasteiger partial charge >= 0.3 is 16.3 Å². The van der Waals surface area contributed by atoms with Gasteiger partial charge in [0.05, 0.1) is 11.7 Å². The van der Waals surface area contributed by atoms with E-state index in [9.17, 15) is 13.2 Å². The number of halogens is 1. The van der Waals surface area contributed by atoms with Crippen LogP contribution in [0, 0.1) is 0 Å². The topological polar surface area (TPSA) is 106 Å². The summed E-state index contributed by atoms with van der Waals surface area (Å²) < 4.78 is 28.2. The number of aromatic nitrogens is 1. The van der Waals surface area contributed by atoms with E-state index in [0.717, 1.165) is 4.31 Å². The molecule has 0 radical (unpaired) electrons. The van der Waals surface area contributed by atoms with Gasteiger partial charge in [-0.05, 0) is 22.0 Å². The van der Waals surface area contributed by atoms with E-state index < -0.39 is 16.3 Å². The normalized spacial score (nSPS) is 15.4. The monoisotopic (exact) mass is 407 g/mol. The van der Waals surface area contributed by atoms with Crippen LogP contribution < -0.4 is 9.62 Å². The Bertz CT molecular complexity index is 705. The molecule has 0 saturated carbocycles. The van der Waals surface area contributed by atoms with E-state index >= 15 is 0 Å². The van der Waals surface area contributed by atoms with Crippen LogP contribution in [0.4, 0.5) is 16.3 Å². The molecular formula is C12H18BrN5O4S. The van der Waals surface area contributed by atoms with Crippen LogP contribution in [0.3, 0.4) is 0 Å². The first-order valence-corrected chi connectivity index (χ1v) is 8.91.